The lowest BCUT2D eigenvalue weighted by Gasteiger charge is -2.41. The maximum atomic E-state index is 14.9. The van der Waals surface area contributed by atoms with Crippen LogP contribution in [0.1, 0.15) is 67.5 Å². The van der Waals surface area contributed by atoms with E-state index in [-0.39, 0.29) is 11.8 Å². The molecule has 180 valence electrons. The summed E-state index contributed by atoms with van der Waals surface area (Å²) in [5, 5.41) is 7.68. The monoisotopic (exact) mass is 486 g/mol. The van der Waals surface area contributed by atoms with Gasteiger partial charge in [0, 0.05) is 0 Å². The average molecular weight is 487 g/mol. The molecule has 0 fully saturated rings. The Morgan fingerprint density at radius 3 is 1.39 bits per heavy atom. The third-order valence-corrected chi connectivity index (χ3v) is 9.60. The van der Waals surface area contributed by atoms with E-state index in [9.17, 15) is 4.79 Å². The summed E-state index contributed by atoms with van der Waals surface area (Å²) in [7, 11) is 0. The highest BCUT2D eigenvalue weighted by molar-refractivity contribution is 6.12. The highest BCUT2D eigenvalue weighted by Gasteiger charge is 2.45. The van der Waals surface area contributed by atoms with Crippen LogP contribution in [0.15, 0.2) is 84.9 Å². The molecule has 0 bridgehead atoms. The molecule has 0 aromatic heterocycles. The Hall–Kier alpha value is -4.23. The minimum absolute atomic E-state index is 0.217. The fraction of sp³-hybridized carbons (Fsp3) is 0.162. The number of hydrogen-bond donors (Lipinski definition) is 0. The molecule has 1 nitrogen and oxygen atoms in total. The molecule has 0 spiro atoms. The standard InChI is InChI=1S/C37H26O/c1-19-11-27-15-25-13-21-7-3-5-9-23(21)17-29(25)34-32(27)36-31(19)20(2)12-28-16-26-14-22-8-4-6-10-24(22)18-30(26)35(33(28)36)37(34)38/h3-14,17-18,34-35H,15-16H2,1-2H3. The Morgan fingerprint density at radius 2 is 0.947 bits per heavy atom. The van der Waals surface area contributed by atoms with Gasteiger partial charge in [0.2, 0.25) is 0 Å². The Labute approximate surface area is 221 Å². The number of ketones is 1. The van der Waals surface area contributed by atoms with Crippen molar-refractivity contribution in [3.05, 3.63) is 141 Å². The van der Waals surface area contributed by atoms with Crippen molar-refractivity contribution in [3.63, 3.8) is 0 Å². The topological polar surface area (TPSA) is 17.1 Å². The van der Waals surface area contributed by atoms with Gasteiger partial charge in [-0.1, -0.05) is 72.8 Å². The van der Waals surface area contributed by atoms with Crippen molar-refractivity contribution >= 4 is 38.1 Å². The van der Waals surface area contributed by atoms with Crippen molar-refractivity contribution < 1.29 is 4.79 Å². The first kappa shape index (κ1) is 20.8. The summed E-state index contributed by atoms with van der Waals surface area (Å²) in [4.78, 5) is 14.9. The lowest BCUT2D eigenvalue weighted by molar-refractivity contribution is -0.120. The molecule has 0 amide bonds. The lowest BCUT2D eigenvalue weighted by Crippen LogP contribution is -2.34. The van der Waals surface area contributed by atoms with Crippen LogP contribution in [0.4, 0.5) is 0 Å². The molecule has 0 saturated carbocycles. The summed E-state index contributed by atoms with van der Waals surface area (Å²) in [5.74, 6) is -0.0847. The van der Waals surface area contributed by atoms with Crippen LogP contribution in [0.25, 0.3) is 32.3 Å². The normalized spacial score (nSPS) is 18.6. The van der Waals surface area contributed by atoms with Crippen LogP contribution >= 0.6 is 0 Å². The van der Waals surface area contributed by atoms with Crippen LogP contribution in [-0.2, 0) is 17.6 Å². The van der Waals surface area contributed by atoms with Gasteiger partial charge < -0.3 is 0 Å². The molecule has 38 heavy (non-hydrogen) atoms. The lowest BCUT2D eigenvalue weighted by atomic mass is 9.61. The van der Waals surface area contributed by atoms with Crippen molar-refractivity contribution in [1.82, 2.24) is 0 Å². The van der Waals surface area contributed by atoms with E-state index < -0.39 is 0 Å². The molecular weight excluding hydrogens is 460 g/mol. The summed E-state index contributed by atoms with van der Waals surface area (Å²) in [6.45, 7) is 4.52. The maximum absolute atomic E-state index is 14.9. The molecule has 6 aromatic carbocycles. The van der Waals surface area contributed by atoms with Crippen LogP contribution in [0.5, 0.6) is 0 Å². The number of Topliss-reactive ketones (excluding diaryl/α,β-unsaturated/α-hetero) is 1. The molecule has 0 aliphatic heterocycles. The zero-order valence-corrected chi connectivity index (χ0v) is 21.6. The maximum Gasteiger partial charge on any atom is 0.156 e. The molecule has 0 heterocycles. The zero-order chi connectivity index (χ0) is 25.3. The van der Waals surface area contributed by atoms with E-state index in [0.29, 0.717) is 5.78 Å². The molecule has 6 aromatic rings. The minimum Gasteiger partial charge on any atom is -0.298 e. The van der Waals surface area contributed by atoms with Gasteiger partial charge in [0.25, 0.3) is 0 Å². The van der Waals surface area contributed by atoms with Crippen LogP contribution in [0.2, 0.25) is 0 Å². The second-order valence-electron chi connectivity index (χ2n) is 11.7. The first-order valence-corrected chi connectivity index (χ1v) is 13.7. The highest BCUT2D eigenvalue weighted by atomic mass is 16.1. The van der Waals surface area contributed by atoms with E-state index in [1.54, 1.807) is 0 Å². The van der Waals surface area contributed by atoms with Gasteiger partial charge in [-0.05, 0) is 127 Å². The molecule has 1 heteroatoms. The predicted molar refractivity (Wildman–Crippen MR) is 156 cm³/mol. The van der Waals surface area contributed by atoms with Crippen molar-refractivity contribution in [2.45, 2.75) is 38.5 Å². The molecule has 0 N–H and O–H groups in total. The molecule has 9 rings (SSSR count). The number of hydrogen-bond acceptors (Lipinski definition) is 1. The number of aryl methyl sites for hydroxylation is 2. The highest BCUT2D eigenvalue weighted by Crippen LogP contribution is 2.55. The zero-order valence-electron chi connectivity index (χ0n) is 21.6. The van der Waals surface area contributed by atoms with Gasteiger partial charge in [-0.25, -0.2) is 0 Å². The number of rotatable bonds is 0. The molecule has 3 aliphatic rings. The summed E-state index contributed by atoms with van der Waals surface area (Å²) >= 11 is 0. The third kappa shape index (κ3) is 2.50. The smallest absolute Gasteiger partial charge is 0.156 e. The van der Waals surface area contributed by atoms with Gasteiger partial charge in [-0.15, -0.1) is 0 Å². The number of fused-ring (bicyclic) bond motifs is 6. The molecule has 0 saturated heterocycles. The van der Waals surface area contributed by atoms with E-state index in [2.05, 4.69) is 98.8 Å². The van der Waals surface area contributed by atoms with Crippen molar-refractivity contribution in [2.75, 3.05) is 0 Å². The summed E-state index contributed by atoms with van der Waals surface area (Å²) < 4.78 is 0. The number of carbonyl (C=O) groups excluding carboxylic acids is 1. The second kappa shape index (κ2) is 6.99. The Balaban J connectivity index is 1.43. The number of carbonyl (C=O) groups is 1. The van der Waals surface area contributed by atoms with Crippen molar-refractivity contribution in [3.8, 4) is 0 Å². The largest absolute Gasteiger partial charge is 0.298 e. The SMILES string of the molecule is Cc1cc2c3c4c5c(cc(C)c14)Cc1cc4ccccc4cc1C5C(=O)C3c1cc3ccccc3cc1C2. The van der Waals surface area contributed by atoms with Crippen molar-refractivity contribution in [1.29, 1.82) is 0 Å². The summed E-state index contributed by atoms with van der Waals surface area (Å²) in [6.07, 6.45) is 1.79. The van der Waals surface area contributed by atoms with E-state index in [1.165, 1.54) is 88.0 Å². The van der Waals surface area contributed by atoms with Crippen LogP contribution in [0, 0.1) is 13.8 Å². The van der Waals surface area contributed by atoms with E-state index in [4.69, 9.17) is 0 Å². The Morgan fingerprint density at radius 1 is 0.526 bits per heavy atom. The quantitative estimate of drug-likeness (QED) is 0.211. The van der Waals surface area contributed by atoms with Crippen LogP contribution in [0.3, 0.4) is 0 Å². The molecule has 2 atom stereocenters. The molecule has 3 aliphatic carbocycles. The third-order valence-electron chi connectivity index (χ3n) is 9.60. The van der Waals surface area contributed by atoms with E-state index in [0.717, 1.165) is 12.8 Å². The molecule has 2 unspecified atom stereocenters. The van der Waals surface area contributed by atoms with Crippen LogP contribution < -0.4 is 0 Å². The molecular formula is C37H26O. The number of benzene rings is 6. The van der Waals surface area contributed by atoms with E-state index in [1.807, 2.05) is 0 Å². The fourth-order valence-electron chi connectivity index (χ4n) is 8.15. The summed E-state index contributed by atoms with van der Waals surface area (Å²) in [6, 6.07) is 31.2. The van der Waals surface area contributed by atoms with Gasteiger partial charge in [-0.2, -0.15) is 0 Å². The van der Waals surface area contributed by atoms with Gasteiger partial charge >= 0.3 is 0 Å². The summed E-state index contributed by atoms with van der Waals surface area (Å²) in [5.41, 5.74) is 13.0. The Bertz CT molecular complexity index is 1930. The van der Waals surface area contributed by atoms with Crippen LogP contribution in [-0.4, -0.2) is 5.78 Å². The predicted octanol–water partition coefficient (Wildman–Crippen LogP) is 8.42. The van der Waals surface area contributed by atoms with Gasteiger partial charge in [0.05, 0.1) is 11.8 Å². The minimum atomic E-state index is -0.217. The second-order valence-corrected chi connectivity index (χ2v) is 11.7. The van der Waals surface area contributed by atoms with Gasteiger partial charge in [0.1, 0.15) is 0 Å². The van der Waals surface area contributed by atoms with Gasteiger partial charge in [0.15, 0.2) is 5.78 Å². The average Bonchev–Trinajstić information content (AvgIpc) is 2.92. The molecule has 0 radical (unpaired) electrons. The first-order chi connectivity index (χ1) is 18.6. The van der Waals surface area contributed by atoms with E-state index >= 15 is 0 Å². The first-order valence-electron chi connectivity index (χ1n) is 13.7. The fourth-order valence-corrected chi connectivity index (χ4v) is 8.15. The van der Waals surface area contributed by atoms with Gasteiger partial charge in [-0.3, -0.25) is 4.79 Å². The Kier molecular flexibility index (Phi) is 3.83. The van der Waals surface area contributed by atoms with Crippen molar-refractivity contribution in [2.24, 2.45) is 0 Å².